The molecule has 156 valence electrons. The molecule has 0 saturated carbocycles. The minimum Gasteiger partial charge on any atom is -0.340 e. The van der Waals surface area contributed by atoms with Gasteiger partial charge in [0.2, 0.25) is 11.9 Å². The van der Waals surface area contributed by atoms with Crippen LogP contribution in [0.25, 0.3) is 11.0 Å². The fraction of sp³-hybridized carbons (Fsp3) is 0.600. The van der Waals surface area contributed by atoms with E-state index in [9.17, 15) is 9.18 Å². The number of amides is 1. The summed E-state index contributed by atoms with van der Waals surface area (Å²) in [7, 11) is 1.99. The lowest BCUT2D eigenvalue weighted by Gasteiger charge is -2.38. The topological polar surface area (TPSA) is 56.6 Å². The summed E-state index contributed by atoms with van der Waals surface area (Å²) in [5.41, 5.74) is 1.65. The van der Waals surface area contributed by atoms with Crippen LogP contribution in [0.5, 0.6) is 0 Å². The van der Waals surface area contributed by atoms with Crippen LogP contribution in [0.4, 0.5) is 10.3 Å². The highest BCUT2D eigenvalue weighted by Gasteiger charge is 2.37. The van der Waals surface area contributed by atoms with Gasteiger partial charge in [0.25, 0.3) is 0 Å². The van der Waals surface area contributed by atoms with Gasteiger partial charge in [0.05, 0.1) is 23.0 Å². The Hall–Kier alpha value is -1.84. The highest BCUT2D eigenvalue weighted by atomic mass is 32.2. The number of fused-ring (bicyclic) bond motifs is 1. The van der Waals surface area contributed by atoms with Gasteiger partial charge in [-0.25, -0.2) is 9.37 Å². The fourth-order valence-corrected chi connectivity index (χ4v) is 5.68. The number of rotatable bonds is 3. The number of hydrogen-bond donors (Lipinski definition) is 1. The summed E-state index contributed by atoms with van der Waals surface area (Å²) in [6.45, 7) is 5.43. The van der Waals surface area contributed by atoms with Crippen LogP contribution < -0.4 is 10.2 Å². The van der Waals surface area contributed by atoms with E-state index >= 15 is 0 Å². The Labute approximate surface area is 174 Å². The van der Waals surface area contributed by atoms with Crippen molar-refractivity contribution in [2.45, 2.75) is 18.5 Å². The molecule has 2 atom stereocenters. The van der Waals surface area contributed by atoms with Gasteiger partial charge in [-0.2, -0.15) is 0 Å². The monoisotopic (exact) mass is 418 g/mol. The molecule has 1 aromatic heterocycles. The molecule has 3 aliphatic heterocycles. The van der Waals surface area contributed by atoms with Gasteiger partial charge in [0, 0.05) is 64.2 Å². The van der Waals surface area contributed by atoms with Crippen LogP contribution in [0.2, 0.25) is 0 Å². The largest absolute Gasteiger partial charge is 0.340 e. The van der Waals surface area contributed by atoms with Crippen LogP contribution >= 0.6 is 11.8 Å². The maximum atomic E-state index is 13.5. The van der Waals surface area contributed by atoms with E-state index in [0.29, 0.717) is 11.6 Å². The molecule has 29 heavy (non-hydrogen) atoms. The predicted molar refractivity (Wildman–Crippen MR) is 114 cm³/mol. The van der Waals surface area contributed by atoms with Gasteiger partial charge in [-0.3, -0.25) is 9.69 Å². The summed E-state index contributed by atoms with van der Waals surface area (Å²) in [5.74, 6) is 2.80. The fourth-order valence-electron chi connectivity index (χ4n) is 4.72. The lowest BCUT2D eigenvalue weighted by molar-refractivity contribution is -0.131. The normalized spacial score (nSPS) is 26.0. The third-order valence-electron chi connectivity index (χ3n) is 6.40. The number of anilines is 1. The molecule has 0 radical (unpaired) electrons. The SMILES string of the molecule is Cn1c(N2CCN([C@@H]3CN[C@H](C(=O)N4CCSC4)C3)CC2)nc2cc(F)ccc21. The summed E-state index contributed by atoms with van der Waals surface area (Å²) in [4.78, 5) is 24.1. The molecule has 3 saturated heterocycles. The zero-order chi connectivity index (χ0) is 20.0. The first-order valence-electron chi connectivity index (χ1n) is 10.3. The highest BCUT2D eigenvalue weighted by molar-refractivity contribution is 7.99. The molecule has 3 aliphatic rings. The second-order valence-electron chi connectivity index (χ2n) is 8.12. The highest BCUT2D eigenvalue weighted by Crippen LogP contribution is 2.25. The van der Waals surface area contributed by atoms with Crippen molar-refractivity contribution in [1.82, 2.24) is 24.7 Å². The summed E-state index contributed by atoms with van der Waals surface area (Å²) < 4.78 is 15.6. The Kier molecular flexibility index (Phi) is 5.13. The van der Waals surface area contributed by atoms with Crippen LogP contribution in [0.3, 0.4) is 0 Å². The second-order valence-corrected chi connectivity index (χ2v) is 9.19. The van der Waals surface area contributed by atoms with E-state index in [0.717, 1.165) is 68.8 Å². The number of carbonyl (C=O) groups is 1. The van der Waals surface area contributed by atoms with Gasteiger partial charge in [-0.15, -0.1) is 11.8 Å². The van der Waals surface area contributed by atoms with Gasteiger partial charge in [0.15, 0.2) is 0 Å². The van der Waals surface area contributed by atoms with Crippen LogP contribution in [-0.4, -0.2) is 88.2 Å². The summed E-state index contributed by atoms with van der Waals surface area (Å²) in [6, 6.07) is 5.15. The third-order valence-corrected chi connectivity index (χ3v) is 7.37. The average Bonchev–Trinajstić information content (AvgIpc) is 3.48. The summed E-state index contributed by atoms with van der Waals surface area (Å²) >= 11 is 1.83. The minimum absolute atomic E-state index is 0.0357. The van der Waals surface area contributed by atoms with Crippen LogP contribution in [-0.2, 0) is 11.8 Å². The predicted octanol–water partition coefficient (Wildman–Crippen LogP) is 1.10. The van der Waals surface area contributed by atoms with Crippen molar-refractivity contribution in [2.75, 3.05) is 55.8 Å². The summed E-state index contributed by atoms with van der Waals surface area (Å²) in [6.07, 6.45) is 0.894. The summed E-state index contributed by atoms with van der Waals surface area (Å²) in [5, 5.41) is 3.45. The molecule has 7 nitrogen and oxygen atoms in total. The number of benzene rings is 1. The quantitative estimate of drug-likeness (QED) is 0.806. The smallest absolute Gasteiger partial charge is 0.240 e. The number of carbonyl (C=O) groups excluding carboxylic acids is 1. The Morgan fingerprint density at radius 2 is 2.07 bits per heavy atom. The third kappa shape index (κ3) is 3.60. The molecule has 9 heteroatoms. The van der Waals surface area contributed by atoms with Crippen molar-refractivity contribution in [3.8, 4) is 0 Å². The van der Waals surface area contributed by atoms with Crippen molar-refractivity contribution < 1.29 is 9.18 Å². The molecule has 3 fully saturated rings. The molecule has 2 aromatic rings. The molecule has 5 rings (SSSR count). The second kappa shape index (κ2) is 7.77. The van der Waals surface area contributed by atoms with E-state index in [1.165, 1.54) is 12.1 Å². The van der Waals surface area contributed by atoms with E-state index < -0.39 is 0 Å². The zero-order valence-corrected chi connectivity index (χ0v) is 17.5. The van der Waals surface area contributed by atoms with E-state index in [-0.39, 0.29) is 17.8 Å². The Balaban J connectivity index is 1.20. The first-order valence-corrected chi connectivity index (χ1v) is 11.5. The number of thioether (sulfide) groups is 1. The number of halogens is 1. The molecule has 0 unspecified atom stereocenters. The number of nitrogens with zero attached hydrogens (tertiary/aromatic N) is 5. The van der Waals surface area contributed by atoms with Crippen molar-refractivity contribution in [2.24, 2.45) is 7.05 Å². The lowest BCUT2D eigenvalue weighted by atomic mass is 10.1. The van der Waals surface area contributed by atoms with Gasteiger partial charge < -0.3 is 19.7 Å². The number of aromatic nitrogens is 2. The number of piperazine rings is 1. The molecule has 0 aliphatic carbocycles. The molecular weight excluding hydrogens is 391 g/mol. The first kappa shape index (κ1) is 19.1. The first-order chi connectivity index (χ1) is 14.1. The number of imidazole rings is 1. The maximum Gasteiger partial charge on any atom is 0.240 e. The van der Waals surface area contributed by atoms with Crippen LogP contribution in [0, 0.1) is 5.82 Å². The van der Waals surface area contributed by atoms with Gasteiger partial charge in [-0.1, -0.05) is 0 Å². The average molecular weight is 419 g/mol. The van der Waals surface area contributed by atoms with Crippen LogP contribution in [0.15, 0.2) is 18.2 Å². The van der Waals surface area contributed by atoms with E-state index in [1.807, 2.05) is 28.3 Å². The molecular formula is C20H27FN6OS. The van der Waals surface area contributed by atoms with Crippen molar-refractivity contribution in [3.05, 3.63) is 24.0 Å². The number of nitrogens with one attached hydrogen (secondary N) is 1. The maximum absolute atomic E-state index is 13.5. The molecule has 1 aromatic carbocycles. The van der Waals surface area contributed by atoms with Crippen molar-refractivity contribution in [3.63, 3.8) is 0 Å². The molecule has 1 amide bonds. The number of hydrogen-bond acceptors (Lipinski definition) is 6. The van der Waals surface area contributed by atoms with Gasteiger partial charge in [0.1, 0.15) is 5.82 Å². The Morgan fingerprint density at radius 3 is 2.83 bits per heavy atom. The molecule has 1 N–H and O–H groups in total. The van der Waals surface area contributed by atoms with Crippen LogP contribution in [0.1, 0.15) is 6.42 Å². The lowest BCUT2D eigenvalue weighted by Crippen LogP contribution is -2.51. The minimum atomic E-state index is -0.252. The number of aryl methyl sites for hydroxylation is 1. The van der Waals surface area contributed by atoms with E-state index in [1.54, 1.807) is 6.07 Å². The van der Waals surface area contributed by atoms with Crippen molar-refractivity contribution in [1.29, 1.82) is 0 Å². The standard InChI is InChI=1S/C20H27FN6OS/c1-24-18-3-2-14(21)10-16(18)23-20(24)26-6-4-25(5-7-26)15-11-17(22-12-15)19(28)27-8-9-29-13-27/h2-3,10,15,17,22H,4-9,11-13H2,1H3/t15-,17-/m0/s1. The Bertz CT molecular complexity index is 906. The zero-order valence-electron chi connectivity index (χ0n) is 16.7. The van der Waals surface area contributed by atoms with Crippen molar-refractivity contribution >= 4 is 34.7 Å². The van der Waals surface area contributed by atoms with Gasteiger partial charge in [-0.05, 0) is 18.6 Å². The van der Waals surface area contributed by atoms with E-state index in [4.69, 9.17) is 0 Å². The van der Waals surface area contributed by atoms with E-state index in [2.05, 4.69) is 20.1 Å². The molecule has 0 spiro atoms. The Morgan fingerprint density at radius 1 is 1.24 bits per heavy atom. The molecule has 0 bridgehead atoms. The van der Waals surface area contributed by atoms with Gasteiger partial charge >= 0.3 is 0 Å². The molecule has 4 heterocycles.